The lowest BCUT2D eigenvalue weighted by atomic mass is 10.2. The van der Waals surface area contributed by atoms with Gasteiger partial charge < -0.3 is 9.47 Å². The third kappa shape index (κ3) is 4.45. The quantitative estimate of drug-likeness (QED) is 0.371. The summed E-state index contributed by atoms with van der Waals surface area (Å²) in [7, 11) is -0.998. The van der Waals surface area contributed by atoms with E-state index in [0.717, 1.165) is 4.31 Å². The number of esters is 1. The molecule has 4 aromatic rings. The van der Waals surface area contributed by atoms with Crippen LogP contribution in [-0.2, 0) is 21.4 Å². The molecule has 0 spiro atoms. The van der Waals surface area contributed by atoms with Crippen molar-refractivity contribution in [3.8, 4) is 5.75 Å². The number of thiazole rings is 1. The first kappa shape index (κ1) is 22.5. The van der Waals surface area contributed by atoms with Crippen LogP contribution in [0.5, 0.6) is 5.75 Å². The van der Waals surface area contributed by atoms with Crippen LogP contribution in [0.2, 0.25) is 0 Å². The minimum atomic E-state index is -3.89. The number of anilines is 1. The summed E-state index contributed by atoms with van der Waals surface area (Å²) in [5.74, 6) is -0.247. The Morgan fingerprint density at radius 2 is 1.88 bits per heavy atom. The molecule has 170 valence electrons. The number of carbonyl (C=O) groups excluding carboxylic acids is 1. The van der Waals surface area contributed by atoms with E-state index >= 15 is 0 Å². The van der Waals surface area contributed by atoms with Crippen molar-refractivity contribution in [2.45, 2.75) is 11.5 Å². The largest absolute Gasteiger partial charge is 0.495 e. The number of ether oxygens (including phenoxy) is 2. The summed E-state index contributed by atoms with van der Waals surface area (Å²) in [6.45, 7) is -0.181. The number of para-hydroxylation sites is 2. The Bertz CT molecular complexity index is 1480. The highest BCUT2D eigenvalue weighted by Crippen LogP contribution is 2.30. The van der Waals surface area contributed by atoms with Crippen LogP contribution in [0.25, 0.3) is 4.96 Å². The SMILES string of the molecule is COc1ccccc1N(C)S(=O)(=O)c1ccc(C(=O)OCc2cc(=O)n3ccsc3n2)cc1. The van der Waals surface area contributed by atoms with E-state index in [4.69, 9.17) is 9.47 Å². The maximum absolute atomic E-state index is 13.0. The highest BCUT2D eigenvalue weighted by Gasteiger charge is 2.24. The van der Waals surface area contributed by atoms with E-state index in [0.29, 0.717) is 22.1 Å². The van der Waals surface area contributed by atoms with Gasteiger partial charge in [0.15, 0.2) is 4.96 Å². The third-order valence-electron chi connectivity index (χ3n) is 4.88. The first-order valence-electron chi connectivity index (χ1n) is 9.66. The van der Waals surface area contributed by atoms with Crippen LogP contribution in [0.15, 0.2) is 75.9 Å². The lowest BCUT2D eigenvalue weighted by Gasteiger charge is -2.21. The molecule has 11 heteroatoms. The molecule has 0 aliphatic rings. The van der Waals surface area contributed by atoms with Gasteiger partial charge in [-0.3, -0.25) is 13.5 Å². The van der Waals surface area contributed by atoms with Gasteiger partial charge in [-0.25, -0.2) is 18.2 Å². The molecule has 0 aliphatic carbocycles. The Kier molecular flexibility index (Phi) is 6.16. The highest BCUT2D eigenvalue weighted by molar-refractivity contribution is 7.92. The second-order valence-electron chi connectivity index (χ2n) is 6.89. The number of hydrogen-bond acceptors (Lipinski definition) is 8. The van der Waals surface area contributed by atoms with Crippen molar-refractivity contribution < 1.29 is 22.7 Å². The summed E-state index contributed by atoms with van der Waals surface area (Å²) in [5.41, 5.74) is 0.617. The van der Waals surface area contributed by atoms with Crippen LogP contribution in [0.4, 0.5) is 5.69 Å². The first-order chi connectivity index (χ1) is 15.8. The molecular weight excluding hydrogens is 466 g/mol. The summed E-state index contributed by atoms with van der Waals surface area (Å²) in [6, 6.07) is 13.5. The summed E-state index contributed by atoms with van der Waals surface area (Å²) in [6.07, 6.45) is 1.62. The number of aromatic nitrogens is 2. The lowest BCUT2D eigenvalue weighted by molar-refractivity contribution is 0.0467. The van der Waals surface area contributed by atoms with Crippen LogP contribution in [0, 0.1) is 0 Å². The molecule has 0 radical (unpaired) electrons. The molecule has 0 aliphatic heterocycles. The molecule has 0 saturated heterocycles. The topological polar surface area (TPSA) is 107 Å². The molecule has 9 nitrogen and oxygen atoms in total. The second-order valence-corrected chi connectivity index (χ2v) is 9.73. The number of benzene rings is 2. The van der Waals surface area contributed by atoms with E-state index in [1.54, 1.807) is 35.8 Å². The van der Waals surface area contributed by atoms with Gasteiger partial charge in [0.1, 0.15) is 12.4 Å². The molecule has 0 saturated carbocycles. The zero-order valence-electron chi connectivity index (χ0n) is 17.7. The van der Waals surface area contributed by atoms with Gasteiger partial charge in [0.2, 0.25) is 0 Å². The predicted molar refractivity (Wildman–Crippen MR) is 123 cm³/mol. The Labute approximate surface area is 193 Å². The fourth-order valence-corrected chi connectivity index (χ4v) is 5.07. The van der Waals surface area contributed by atoms with Crippen LogP contribution in [0.1, 0.15) is 16.1 Å². The number of hydrogen-bond donors (Lipinski definition) is 0. The van der Waals surface area contributed by atoms with Crippen molar-refractivity contribution in [1.82, 2.24) is 9.38 Å². The van der Waals surface area contributed by atoms with Crippen molar-refractivity contribution in [3.63, 3.8) is 0 Å². The van der Waals surface area contributed by atoms with Crippen molar-refractivity contribution in [2.24, 2.45) is 0 Å². The number of carbonyl (C=O) groups is 1. The van der Waals surface area contributed by atoms with Gasteiger partial charge in [0.25, 0.3) is 15.6 Å². The predicted octanol–water partition coefficient (Wildman–Crippen LogP) is 2.95. The van der Waals surface area contributed by atoms with Gasteiger partial charge in [0.05, 0.1) is 29.0 Å². The molecule has 2 aromatic carbocycles. The van der Waals surface area contributed by atoms with Crippen molar-refractivity contribution in [1.29, 1.82) is 0 Å². The normalized spacial score (nSPS) is 11.3. The zero-order chi connectivity index (χ0) is 23.6. The molecule has 4 rings (SSSR count). The first-order valence-corrected chi connectivity index (χ1v) is 12.0. The molecule has 2 heterocycles. The number of rotatable bonds is 7. The smallest absolute Gasteiger partial charge is 0.338 e. The van der Waals surface area contributed by atoms with Gasteiger partial charge in [-0.1, -0.05) is 12.1 Å². The van der Waals surface area contributed by atoms with Crippen LogP contribution in [0.3, 0.4) is 0 Å². The maximum Gasteiger partial charge on any atom is 0.338 e. The number of fused-ring (bicyclic) bond motifs is 1. The van der Waals surface area contributed by atoms with E-state index in [9.17, 15) is 18.0 Å². The molecule has 2 aromatic heterocycles. The number of methoxy groups -OCH3 is 1. The molecular formula is C22H19N3O6S2. The minimum Gasteiger partial charge on any atom is -0.495 e. The van der Waals surface area contributed by atoms with Gasteiger partial charge in [0, 0.05) is 24.7 Å². The summed E-state index contributed by atoms with van der Waals surface area (Å²) in [5, 5.41) is 1.74. The van der Waals surface area contributed by atoms with Crippen molar-refractivity contribution in [2.75, 3.05) is 18.5 Å². The summed E-state index contributed by atoms with van der Waals surface area (Å²) >= 11 is 1.30. The molecule has 0 fully saturated rings. The number of sulfonamides is 1. The average molecular weight is 486 g/mol. The fourth-order valence-electron chi connectivity index (χ4n) is 3.13. The summed E-state index contributed by atoms with van der Waals surface area (Å²) < 4.78 is 39.1. The minimum absolute atomic E-state index is 0.00490. The van der Waals surface area contributed by atoms with Crippen molar-refractivity contribution >= 4 is 38.0 Å². The molecule has 0 bridgehead atoms. The Hall–Kier alpha value is -3.70. The van der Waals surface area contributed by atoms with E-state index in [1.807, 2.05) is 0 Å². The number of nitrogens with zero attached hydrogens (tertiary/aromatic N) is 3. The van der Waals surface area contributed by atoms with E-state index < -0.39 is 16.0 Å². The van der Waals surface area contributed by atoms with Gasteiger partial charge in [-0.2, -0.15) is 0 Å². The molecule has 33 heavy (non-hydrogen) atoms. The summed E-state index contributed by atoms with van der Waals surface area (Å²) in [4.78, 5) is 29.2. The van der Waals surface area contributed by atoms with Crippen LogP contribution >= 0.6 is 11.3 Å². The molecule has 0 unspecified atom stereocenters. The fraction of sp³-hybridized carbons (Fsp3) is 0.136. The van der Waals surface area contributed by atoms with Gasteiger partial charge >= 0.3 is 5.97 Å². The second kappa shape index (κ2) is 9.04. The Morgan fingerprint density at radius 3 is 2.61 bits per heavy atom. The zero-order valence-corrected chi connectivity index (χ0v) is 19.3. The molecule has 0 N–H and O–H groups in total. The Balaban J connectivity index is 1.48. The maximum atomic E-state index is 13.0. The standard InChI is InChI=1S/C22H19N3O6S2/c1-24(18-5-3-4-6-19(18)30-2)33(28,29)17-9-7-15(8-10-17)21(27)31-14-16-13-20(26)25-11-12-32-22(25)23-16/h3-13H,14H2,1-2H3. The lowest BCUT2D eigenvalue weighted by Crippen LogP contribution is -2.27. The monoisotopic (exact) mass is 485 g/mol. The average Bonchev–Trinajstić information content (AvgIpc) is 3.31. The van der Waals surface area contributed by atoms with Gasteiger partial charge in [-0.05, 0) is 36.4 Å². The van der Waals surface area contributed by atoms with Crippen molar-refractivity contribution in [3.05, 3.63) is 87.8 Å². The van der Waals surface area contributed by atoms with Crippen LogP contribution < -0.4 is 14.6 Å². The third-order valence-corrected chi connectivity index (χ3v) is 7.42. The van der Waals surface area contributed by atoms with Crippen LogP contribution in [-0.4, -0.2) is 37.9 Å². The Morgan fingerprint density at radius 1 is 1.15 bits per heavy atom. The molecule has 0 amide bonds. The molecule has 0 atom stereocenters. The van der Waals surface area contributed by atoms with Gasteiger partial charge in [-0.15, -0.1) is 11.3 Å². The van der Waals surface area contributed by atoms with E-state index in [1.165, 1.54) is 60.2 Å². The van der Waals surface area contributed by atoms with E-state index in [2.05, 4.69) is 4.98 Å². The highest BCUT2D eigenvalue weighted by atomic mass is 32.2. The van der Waals surface area contributed by atoms with E-state index in [-0.39, 0.29) is 22.6 Å².